The van der Waals surface area contributed by atoms with E-state index in [2.05, 4.69) is 37.3 Å². The molecule has 1 aromatic carbocycles. The van der Waals surface area contributed by atoms with Crippen LogP contribution < -0.4 is 4.46 Å². The number of carbonyl (C=O) groups excluding carboxylic acids is 1. The number of ketones is 1. The predicted octanol–water partition coefficient (Wildman–Crippen LogP) is 2.76. The predicted molar refractivity (Wildman–Crippen MR) is 83.5 cm³/mol. The van der Waals surface area contributed by atoms with Crippen molar-refractivity contribution in [2.24, 2.45) is 5.92 Å². The van der Waals surface area contributed by atoms with Crippen LogP contribution in [-0.4, -0.2) is 33.5 Å². The maximum atomic E-state index is 11.7. The van der Waals surface area contributed by atoms with E-state index in [4.69, 9.17) is 4.74 Å². The Balaban J connectivity index is 1.79. The van der Waals surface area contributed by atoms with Crippen molar-refractivity contribution in [3.8, 4) is 0 Å². The van der Waals surface area contributed by atoms with Gasteiger partial charge in [0.25, 0.3) is 0 Å². The van der Waals surface area contributed by atoms with Crippen molar-refractivity contribution in [3.05, 3.63) is 42.0 Å². The molecule has 2 atom stereocenters. The van der Waals surface area contributed by atoms with Crippen LogP contribution >= 0.6 is 0 Å². The first-order valence-corrected chi connectivity index (χ1v) is 9.21. The molecule has 108 valence electrons. The molecule has 1 aliphatic carbocycles. The number of hydrogen-bond donors (Lipinski definition) is 0. The van der Waals surface area contributed by atoms with Gasteiger partial charge in [0.2, 0.25) is 0 Å². The summed E-state index contributed by atoms with van der Waals surface area (Å²) in [5.41, 5.74) is 1.35. The van der Waals surface area contributed by atoms with Crippen LogP contribution in [0.3, 0.4) is 0 Å². The van der Waals surface area contributed by atoms with E-state index in [1.54, 1.807) is 6.92 Å². The fourth-order valence-corrected chi connectivity index (χ4v) is 4.09. The van der Waals surface area contributed by atoms with E-state index in [1.807, 2.05) is 6.07 Å². The maximum absolute atomic E-state index is 11.7. The van der Waals surface area contributed by atoms with E-state index in [0.717, 1.165) is 24.8 Å². The van der Waals surface area contributed by atoms with Gasteiger partial charge in [0.05, 0.1) is 0 Å². The molecule has 0 radical (unpaired) electrons. The summed E-state index contributed by atoms with van der Waals surface area (Å²) in [5.74, 6) is 0.315. The molecular weight excluding hydrogens is 315 g/mol. The summed E-state index contributed by atoms with van der Waals surface area (Å²) in [7, 11) is 0. The topological polar surface area (TPSA) is 26.3 Å². The van der Waals surface area contributed by atoms with Crippen LogP contribution in [0.4, 0.5) is 0 Å². The summed E-state index contributed by atoms with van der Waals surface area (Å²) in [6.07, 6.45) is 4.10. The first-order valence-electron chi connectivity index (χ1n) is 7.14. The standard InChI is InChI=1S/C17H22O2Se/c1-13-8-9-16(14(2)18)17(12-13)19-10-11-20-15-6-4-3-5-7-15/h3-7,12,16-17H,8-11H2,1-2H3/t16-,17-/m0/s1. The Hall–Kier alpha value is -0.891. The Labute approximate surface area is 127 Å². The van der Waals surface area contributed by atoms with Gasteiger partial charge in [-0.2, -0.15) is 0 Å². The molecule has 3 heteroatoms. The van der Waals surface area contributed by atoms with Gasteiger partial charge in [0, 0.05) is 0 Å². The van der Waals surface area contributed by atoms with Gasteiger partial charge in [-0.25, -0.2) is 0 Å². The fraction of sp³-hybridized carbons (Fsp3) is 0.471. The van der Waals surface area contributed by atoms with Crippen LogP contribution in [0.15, 0.2) is 42.0 Å². The second kappa shape index (κ2) is 7.78. The zero-order chi connectivity index (χ0) is 14.4. The van der Waals surface area contributed by atoms with E-state index in [9.17, 15) is 4.79 Å². The zero-order valence-electron chi connectivity index (χ0n) is 12.2. The van der Waals surface area contributed by atoms with Gasteiger partial charge >= 0.3 is 127 Å². The first-order chi connectivity index (χ1) is 9.66. The van der Waals surface area contributed by atoms with E-state index in [0.29, 0.717) is 15.0 Å². The molecule has 0 fully saturated rings. The second-order valence-electron chi connectivity index (χ2n) is 5.27. The number of allylic oxidation sites excluding steroid dienone is 1. The fourth-order valence-electron chi connectivity index (χ4n) is 2.49. The van der Waals surface area contributed by atoms with Crippen LogP contribution in [0.5, 0.6) is 0 Å². The van der Waals surface area contributed by atoms with Crippen LogP contribution in [0.25, 0.3) is 0 Å². The van der Waals surface area contributed by atoms with Gasteiger partial charge in [-0.1, -0.05) is 0 Å². The molecule has 0 aliphatic heterocycles. The average molecular weight is 337 g/mol. The third kappa shape index (κ3) is 4.59. The van der Waals surface area contributed by atoms with Crippen molar-refractivity contribution in [2.45, 2.75) is 38.1 Å². The van der Waals surface area contributed by atoms with Crippen molar-refractivity contribution >= 4 is 25.2 Å². The van der Waals surface area contributed by atoms with Crippen molar-refractivity contribution in [3.63, 3.8) is 0 Å². The van der Waals surface area contributed by atoms with E-state index < -0.39 is 0 Å². The molecule has 1 aliphatic rings. The Morgan fingerprint density at radius 1 is 1.35 bits per heavy atom. The van der Waals surface area contributed by atoms with Crippen LogP contribution in [0, 0.1) is 5.92 Å². The normalized spacial score (nSPS) is 22.4. The monoisotopic (exact) mass is 338 g/mol. The molecule has 20 heavy (non-hydrogen) atoms. The molecule has 0 spiro atoms. The number of Topliss-reactive ketones (excluding diaryl/α,β-unsaturated/α-hetero) is 1. The quantitative estimate of drug-likeness (QED) is 0.453. The Morgan fingerprint density at radius 3 is 2.80 bits per heavy atom. The third-order valence-electron chi connectivity index (χ3n) is 3.62. The summed E-state index contributed by atoms with van der Waals surface area (Å²) in [6.45, 7) is 4.55. The minimum absolute atomic E-state index is 0.00665. The molecule has 0 N–H and O–H groups in total. The van der Waals surface area contributed by atoms with Gasteiger partial charge in [-0.05, 0) is 0 Å². The molecule has 0 unspecified atom stereocenters. The van der Waals surface area contributed by atoms with Gasteiger partial charge < -0.3 is 0 Å². The number of rotatable bonds is 6. The molecular formula is C17H22O2Se. The molecule has 0 aromatic heterocycles. The number of benzene rings is 1. The summed E-state index contributed by atoms with van der Waals surface area (Å²) in [5, 5.41) is 1.06. The molecule has 2 nitrogen and oxygen atoms in total. The van der Waals surface area contributed by atoms with Gasteiger partial charge in [-0.15, -0.1) is 0 Å². The summed E-state index contributed by atoms with van der Waals surface area (Å²) < 4.78 is 7.37. The number of carbonyl (C=O) groups is 1. The molecule has 0 heterocycles. The van der Waals surface area contributed by atoms with Gasteiger partial charge in [-0.3, -0.25) is 0 Å². The van der Waals surface area contributed by atoms with Crippen LogP contribution in [0.1, 0.15) is 26.7 Å². The Morgan fingerprint density at radius 2 is 2.10 bits per heavy atom. The van der Waals surface area contributed by atoms with Gasteiger partial charge in [0.1, 0.15) is 0 Å². The second-order valence-corrected chi connectivity index (χ2v) is 7.72. The van der Waals surface area contributed by atoms with Crippen molar-refractivity contribution < 1.29 is 9.53 Å². The van der Waals surface area contributed by atoms with Crippen molar-refractivity contribution in [2.75, 3.05) is 6.61 Å². The Bertz CT molecular complexity index is 467. The molecule has 0 bridgehead atoms. The van der Waals surface area contributed by atoms with E-state index in [-0.39, 0.29) is 17.8 Å². The molecule has 0 saturated heterocycles. The Kier molecular flexibility index (Phi) is 6.03. The van der Waals surface area contributed by atoms with Crippen molar-refractivity contribution in [1.29, 1.82) is 0 Å². The minimum atomic E-state index is -0.00665. The molecule has 0 saturated carbocycles. The van der Waals surface area contributed by atoms with E-state index >= 15 is 0 Å². The van der Waals surface area contributed by atoms with Crippen LogP contribution in [0.2, 0.25) is 5.32 Å². The summed E-state index contributed by atoms with van der Waals surface area (Å²) >= 11 is 0.459. The zero-order valence-corrected chi connectivity index (χ0v) is 13.9. The first kappa shape index (κ1) is 15.5. The van der Waals surface area contributed by atoms with E-state index in [1.165, 1.54) is 10.0 Å². The SMILES string of the molecule is CC(=O)[C@@H]1CCC(C)=C[C@@H]1OCC[Se]c1ccccc1. The average Bonchev–Trinajstić information content (AvgIpc) is 2.44. The van der Waals surface area contributed by atoms with Crippen LogP contribution in [-0.2, 0) is 9.53 Å². The number of ether oxygens (including phenoxy) is 1. The van der Waals surface area contributed by atoms with Crippen molar-refractivity contribution in [1.82, 2.24) is 0 Å². The molecule has 0 amide bonds. The summed E-state index contributed by atoms with van der Waals surface area (Å²) in [6, 6.07) is 10.5. The summed E-state index contributed by atoms with van der Waals surface area (Å²) in [4.78, 5) is 11.7. The molecule has 1 aromatic rings. The van der Waals surface area contributed by atoms with Gasteiger partial charge in [0.15, 0.2) is 0 Å². The molecule has 2 rings (SSSR count). The third-order valence-corrected chi connectivity index (χ3v) is 5.67. The number of hydrogen-bond acceptors (Lipinski definition) is 2.